The molecular formula is C21H30N2. The molecule has 2 heteroatoms. The number of aromatic amines is 1. The summed E-state index contributed by atoms with van der Waals surface area (Å²) in [5, 5.41) is 1.45. The molecule has 2 saturated carbocycles. The van der Waals surface area contributed by atoms with Crippen LogP contribution in [0.25, 0.3) is 10.9 Å². The van der Waals surface area contributed by atoms with Crippen molar-refractivity contribution >= 4 is 10.9 Å². The quantitative estimate of drug-likeness (QED) is 0.825. The number of fused-ring (bicyclic) bond motifs is 3. The molecule has 4 atom stereocenters. The molecule has 2 nitrogen and oxygen atoms in total. The molecule has 2 aromatic rings. The predicted molar refractivity (Wildman–Crippen MR) is 97.8 cm³/mol. The van der Waals surface area contributed by atoms with Crippen LogP contribution in [0.2, 0.25) is 0 Å². The fraction of sp³-hybridized carbons (Fsp3) is 0.619. The lowest BCUT2D eigenvalue weighted by Crippen LogP contribution is -2.50. The van der Waals surface area contributed by atoms with E-state index >= 15 is 0 Å². The Morgan fingerprint density at radius 3 is 2.43 bits per heavy atom. The van der Waals surface area contributed by atoms with Gasteiger partial charge in [0, 0.05) is 41.1 Å². The number of hydrogen-bond donors (Lipinski definition) is 1. The third-order valence-electron chi connectivity index (χ3n) is 6.39. The van der Waals surface area contributed by atoms with Gasteiger partial charge in [-0.25, -0.2) is 0 Å². The first kappa shape index (κ1) is 15.3. The van der Waals surface area contributed by atoms with Crippen LogP contribution in [0.3, 0.4) is 0 Å². The van der Waals surface area contributed by atoms with E-state index in [0.29, 0.717) is 24.0 Å². The molecule has 0 radical (unpaired) electrons. The van der Waals surface area contributed by atoms with Crippen LogP contribution in [0.1, 0.15) is 58.4 Å². The van der Waals surface area contributed by atoms with Crippen LogP contribution >= 0.6 is 0 Å². The predicted octanol–water partition coefficient (Wildman–Crippen LogP) is 5.17. The second kappa shape index (κ2) is 5.66. The molecule has 0 saturated heterocycles. The van der Waals surface area contributed by atoms with Gasteiger partial charge in [-0.15, -0.1) is 0 Å². The fourth-order valence-corrected chi connectivity index (χ4v) is 5.78. The summed E-state index contributed by atoms with van der Waals surface area (Å²) in [6.07, 6.45) is 6.60. The Balaban J connectivity index is 1.79. The minimum absolute atomic E-state index is 0.618. The lowest BCUT2D eigenvalue weighted by Gasteiger charge is -2.44. The molecule has 2 aliphatic carbocycles. The second-order valence-corrected chi connectivity index (χ2v) is 8.27. The highest BCUT2D eigenvalue weighted by atomic mass is 15.2. The molecule has 2 bridgehead atoms. The van der Waals surface area contributed by atoms with Gasteiger partial charge >= 0.3 is 0 Å². The van der Waals surface area contributed by atoms with E-state index < -0.39 is 0 Å². The molecule has 0 spiro atoms. The number of hydrogen-bond acceptors (Lipinski definition) is 1. The average Bonchev–Trinajstić information content (AvgIpc) is 3.20. The molecule has 124 valence electrons. The number of nitrogens with one attached hydrogen (secondary N) is 1. The Labute approximate surface area is 140 Å². The Hall–Kier alpha value is -1.28. The van der Waals surface area contributed by atoms with E-state index in [4.69, 9.17) is 0 Å². The minimum Gasteiger partial charge on any atom is -0.361 e. The first-order chi connectivity index (χ1) is 11.1. The number of para-hydroxylation sites is 1. The van der Waals surface area contributed by atoms with E-state index in [1.807, 2.05) is 0 Å². The maximum Gasteiger partial charge on any atom is 0.0456 e. The number of H-pyrrole nitrogens is 1. The third-order valence-corrected chi connectivity index (χ3v) is 6.39. The number of nitrogens with zero attached hydrogens (tertiary/aromatic N) is 1. The van der Waals surface area contributed by atoms with E-state index in [1.54, 1.807) is 5.56 Å². The number of aromatic nitrogens is 1. The van der Waals surface area contributed by atoms with E-state index in [2.05, 4.69) is 68.0 Å². The zero-order chi connectivity index (χ0) is 16.1. The molecule has 1 aromatic carbocycles. The molecule has 0 amide bonds. The summed E-state index contributed by atoms with van der Waals surface area (Å²) >= 11 is 0. The van der Waals surface area contributed by atoms with Crippen LogP contribution in [-0.4, -0.2) is 28.0 Å². The van der Waals surface area contributed by atoms with Crippen LogP contribution in [-0.2, 0) is 0 Å². The first-order valence-electron chi connectivity index (χ1n) is 9.41. The van der Waals surface area contributed by atoms with Crippen molar-refractivity contribution in [3.05, 3.63) is 36.0 Å². The van der Waals surface area contributed by atoms with Crippen LogP contribution in [0, 0.1) is 11.8 Å². The Morgan fingerprint density at radius 2 is 1.70 bits per heavy atom. The van der Waals surface area contributed by atoms with Crippen LogP contribution in [0.4, 0.5) is 0 Å². The smallest absolute Gasteiger partial charge is 0.0456 e. The molecule has 23 heavy (non-hydrogen) atoms. The summed E-state index contributed by atoms with van der Waals surface area (Å²) in [5.74, 6) is 2.47. The highest BCUT2D eigenvalue weighted by Gasteiger charge is 2.51. The fourth-order valence-electron chi connectivity index (χ4n) is 5.78. The lowest BCUT2D eigenvalue weighted by molar-refractivity contribution is 0.0624. The van der Waals surface area contributed by atoms with E-state index in [1.165, 1.54) is 30.2 Å². The SMILES string of the molecule is CC(C)N(C(C)C)[C@@H]1[C@@H]2CC[C@@H](C2)[C@H]1c1c[nH]c2ccccc12. The molecular weight excluding hydrogens is 280 g/mol. The summed E-state index contributed by atoms with van der Waals surface area (Å²) in [4.78, 5) is 6.33. The molecule has 4 rings (SSSR count). The minimum atomic E-state index is 0.618. The van der Waals surface area contributed by atoms with Crippen molar-refractivity contribution in [2.45, 2.75) is 71.0 Å². The standard InChI is InChI=1S/C21H30N2/c1-13(2)23(14(3)4)21-16-10-9-15(11-16)20(21)18-12-22-19-8-6-5-7-17(18)19/h5-8,12-16,20-22H,9-11H2,1-4H3/t15-,16+,20-,21+/m0/s1. The van der Waals surface area contributed by atoms with E-state index in [-0.39, 0.29) is 0 Å². The zero-order valence-corrected chi connectivity index (χ0v) is 14.9. The molecule has 0 unspecified atom stereocenters. The average molecular weight is 310 g/mol. The van der Waals surface area contributed by atoms with Crippen molar-refractivity contribution in [1.29, 1.82) is 0 Å². The summed E-state index contributed by atoms with van der Waals surface area (Å²) in [6, 6.07) is 10.8. The Bertz CT molecular complexity index is 676. The zero-order valence-electron chi connectivity index (χ0n) is 14.9. The highest BCUT2D eigenvalue weighted by molar-refractivity contribution is 5.83. The third kappa shape index (κ3) is 2.34. The van der Waals surface area contributed by atoms with Crippen LogP contribution < -0.4 is 0 Å². The van der Waals surface area contributed by atoms with Crippen molar-refractivity contribution in [2.24, 2.45) is 11.8 Å². The molecule has 2 aliphatic rings. The van der Waals surface area contributed by atoms with Gasteiger partial charge in [0.15, 0.2) is 0 Å². The molecule has 2 fully saturated rings. The molecule has 1 N–H and O–H groups in total. The Morgan fingerprint density at radius 1 is 1.00 bits per heavy atom. The van der Waals surface area contributed by atoms with Gasteiger partial charge in [-0.2, -0.15) is 0 Å². The van der Waals surface area contributed by atoms with Gasteiger partial charge in [-0.3, -0.25) is 4.90 Å². The van der Waals surface area contributed by atoms with Gasteiger partial charge in [0.1, 0.15) is 0 Å². The van der Waals surface area contributed by atoms with Crippen molar-refractivity contribution in [1.82, 2.24) is 9.88 Å². The summed E-state index contributed by atoms with van der Waals surface area (Å²) < 4.78 is 0. The van der Waals surface area contributed by atoms with Crippen LogP contribution in [0.5, 0.6) is 0 Å². The molecule has 1 aromatic heterocycles. The van der Waals surface area contributed by atoms with Gasteiger partial charge in [0.25, 0.3) is 0 Å². The lowest BCUT2D eigenvalue weighted by atomic mass is 9.78. The largest absolute Gasteiger partial charge is 0.361 e. The number of benzene rings is 1. The van der Waals surface area contributed by atoms with Gasteiger partial charge < -0.3 is 4.98 Å². The maximum atomic E-state index is 3.52. The van der Waals surface area contributed by atoms with Gasteiger partial charge in [0.2, 0.25) is 0 Å². The van der Waals surface area contributed by atoms with Crippen LogP contribution in [0.15, 0.2) is 30.5 Å². The van der Waals surface area contributed by atoms with E-state index in [9.17, 15) is 0 Å². The van der Waals surface area contributed by atoms with Gasteiger partial charge in [-0.1, -0.05) is 18.2 Å². The normalized spacial score (nSPS) is 30.4. The highest BCUT2D eigenvalue weighted by Crippen LogP contribution is 2.56. The molecule has 0 aliphatic heterocycles. The van der Waals surface area contributed by atoms with Crippen molar-refractivity contribution in [3.8, 4) is 0 Å². The van der Waals surface area contributed by atoms with Crippen molar-refractivity contribution in [3.63, 3.8) is 0 Å². The summed E-state index contributed by atoms with van der Waals surface area (Å²) in [5.41, 5.74) is 2.87. The second-order valence-electron chi connectivity index (χ2n) is 8.27. The van der Waals surface area contributed by atoms with Gasteiger partial charge in [-0.05, 0) is 70.4 Å². The maximum absolute atomic E-state index is 3.52. The summed E-state index contributed by atoms with van der Waals surface area (Å²) in [6.45, 7) is 9.49. The Kier molecular flexibility index (Phi) is 3.76. The van der Waals surface area contributed by atoms with Crippen molar-refractivity contribution in [2.75, 3.05) is 0 Å². The number of rotatable bonds is 4. The topological polar surface area (TPSA) is 19.0 Å². The summed E-state index contributed by atoms with van der Waals surface area (Å²) in [7, 11) is 0. The molecule has 1 heterocycles. The van der Waals surface area contributed by atoms with E-state index in [0.717, 1.165) is 11.8 Å². The first-order valence-corrected chi connectivity index (χ1v) is 9.41. The van der Waals surface area contributed by atoms with Gasteiger partial charge in [0.05, 0.1) is 0 Å². The monoisotopic (exact) mass is 310 g/mol. The van der Waals surface area contributed by atoms with Crippen molar-refractivity contribution < 1.29 is 0 Å².